The summed E-state index contributed by atoms with van der Waals surface area (Å²) in [5.74, 6) is -0.129. The Kier molecular flexibility index (Phi) is 9.32. The summed E-state index contributed by atoms with van der Waals surface area (Å²) < 4.78 is 33.3. The molecule has 3 aromatic carbocycles. The average Bonchev–Trinajstić information content (AvgIpc) is 2.85. The van der Waals surface area contributed by atoms with Crippen LogP contribution >= 0.6 is 0 Å². The Morgan fingerprint density at radius 3 is 2.25 bits per heavy atom. The van der Waals surface area contributed by atoms with Gasteiger partial charge in [-0.1, -0.05) is 30.3 Å². The topological polar surface area (TPSA) is 117 Å². The number of carbonyl (C=O) groups is 2. The van der Waals surface area contributed by atoms with E-state index in [2.05, 4.69) is 15.8 Å². The average molecular weight is 509 g/mol. The molecule has 0 unspecified atom stereocenters. The Bertz CT molecular complexity index is 1290. The molecule has 2 N–H and O–H groups in total. The minimum atomic E-state index is -4.03. The number of hydrogen-bond donors (Lipinski definition) is 2. The van der Waals surface area contributed by atoms with Crippen molar-refractivity contribution in [3.63, 3.8) is 0 Å². The number of anilines is 1. The van der Waals surface area contributed by atoms with Crippen molar-refractivity contribution in [2.75, 3.05) is 18.5 Å². The van der Waals surface area contributed by atoms with Crippen LogP contribution in [0.1, 0.15) is 25.0 Å². The minimum Gasteiger partial charge on any atom is -0.494 e. The third kappa shape index (κ3) is 7.76. The molecule has 0 aliphatic heterocycles. The van der Waals surface area contributed by atoms with Gasteiger partial charge in [0.15, 0.2) is 0 Å². The molecule has 0 radical (unpaired) electrons. The first-order valence-electron chi connectivity index (χ1n) is 11.2. The molecule has 188 valence electrons. The summed E-state index contributed by atoms with van der Waals surface area (Å²) in [6.45, 7) is 3.37. The highest BCUT2D eigenvalue weighted by molar-refractivity contribution is 7.89. The number of ether oxygens (including phenoxy) is 1. The van der Waals surface area contributed by atoms with Crippen LogP contribution in [-0.4, -0.2) is 43.9 Å². The van der Waals surface area contributed by atoms with Gasteiger partial charge < -0.3 is 10.1 Å². The van der Waals surface area contributed by atoms with Crippen molar-refractivity contribution in [3.8, 4) is 5.75 Å². The van der Waals surface area contributed by atoms with E-state index in [0.29, 0.717) is 12.3 Å². The van der Waals surface area contributed by atoms with Gasteiger partial charge in [-0.2, -0.15) is 9.41 Å². The van der Waals surface area contributed by atoms with Crippen LogP contribution in [-0.2, 0) is 26.2 Å². The lowest BCUT2D eigenvalue weighted by Gasteiger charge is -2.21. The van der Waals surface area contributed by atoms with Crippen LogP contribution in [0.4, 0.5) is 5.69 Å². The van der Waals surface area contributed by atoms with Gasteiger partial charge in [0.1, 0.15) is 5.75 Å². The van der Waals surface area contributed by atoms with E-state index >= 15 is 0 Å². The predicted molar refractivity (Wildman–Crippen MR) is 138 cm³/mol. The lowest BCUT2D eigenvalue weighted by Crippen LogP contribution is -2.39. The maximum Gasteiger partial charge on any atom is 0.255 e. The lowest BCUT2D eigenvalue weighted by atomic mass is 10.2. The highest BCUT2D eigenvalue weighted by Crippen LogP contribution is 2.20. The van der Waals surface area contributed by atoms with Crippen molar-refractivity contribution < 1.29 is 22.7 Å². The summed E-state index contributed by atoms with van der Waals surface area (Å²) in [6, 6.07) is 21.9. The Morgan fingerprint density at radius 2 is 1.64 bits per heavy atom. The molecule has 3 aromatic rings. The zero-order valence-electron chi connectivity index (χ0n) is 20.0. The van der Waals surface area contributed by atoms with Crippen LogP contribution in [0.5, 0.6) is 5.75 Å². The van der Waals surface area contributed by atoms with E-state index in [4.69, 9.17) is 4.74 Å². The van der Waals surface area contributed by atoms with Gasteiger partial charge in [0, 0.05) is 19.2 Å². The van der Waals surface area contributed by atoms with E-state index in [1.54, 1.807) is 48.5 Å². The highest BCUT2D eigenvalue weighted by atomic mass is 32.2. The zero-order valence-corrected chi connectivity index (χ0v) is 20.9. The van der Waals surface area contributed by atoms with E-state index in [0.717, 1.165) is 21.2 Å². The molecule has 0 aliphatic carbocycles. The summed E-state index contributed by atoms with van der Waals surface area (Å²) in [7, 11) is -4.03. The number of amides is 2. The van der Waals surface area contributed by atoms with Crippen molar-refractivity contribution in [3.05, 3.63) is 90.0 Å². The third-order valence-corrected chi connectivity index (χ3v) is 6.73. The maximum absolute atomic E-state index is 13.4. The van der Waals surface area contributed by atoms with Crippen LogP contribution < -0.4 is 15.5 Å². The molecule has 2 amide bonds. The maximum atomic E-state index is 13.4. The molecule has 10 heteroatoms. The molecule has 0 atom stereocenters. The van der Waals surface area contributed by atoms with Gasteiger partial charge >= 0.3 is 0 Å². The van der Waals surface area contributed by atoms with Crippen molar-refractivity contribution >= 4 is 33.7 Å². The van der Waals surface area contributed by atoms with E-state index < -0.39 is 22.5 Å². The standard InChI is InChI=1S/C26H28N4O5S/c1-3-35-24-13-9-21(10-14-24)17-27-29-26(32)19-30(18-22-7-5-4-6-8-22)36(33,34)25-15-11-23(12-16-25)28-20(2)31/h4-17H,3,18-19H2,1-2H3,(H,28,31)(H,29,32)/b27-17-. The second-order valence-electron chi connectivity index (χ2n) is 7.76. The van der Waals surface area contributed by atoms with Gasteiger partial charge in [-0.15, -0.1) is 0 Å². The largest absolute Gasteiger partial charge is 0.494 e. The highest BCUT2D eigenvalue weighted by Gasteiger charge is 2.27. The fourth-order valence-corrected chi connectivity index (χ4v) is 4.65. The number of carbonyl (C=O) groups excluding carboxylic acids is 2. The Morgan fingerprint density at radius 1 is 0.972 bits per heavy atom. The third-order valence-electron chi connectivity index (χ3n) is 4.93. The second-order valence-corrected chi connectivity index (χ2v) is 9.70. The first-order valence-corrected chi connectivity index (χ1v) is 12.7. The number of nitrogens with one attached hydrogen (secondary N) is 2. The van der Waals surface area contributed by atoms with E-state index in [9.17, 15) is 18.0 Å². The molecule has 0 heterocycles. The number of benzene rings is 3. The first kappa shape index (κ1) is 26.6. The van der Waals surface area contributed by atoms with Gasteiger partial charge in [-0.25, -0.2) is 13.8 Å². The summed E-state index contributed by atoms with van der Waals surface area (Å²) >= 11 is 0. The number of rotatable bonds is 11. The van der Waals surface area contributed by atoms with Gasteiger partial charge in [0.25, 0.3) is 5.91 Å². The van der Waals surface area contributed by atoms with Crippen LogP contribution in [0.25, 0.3) is 0 Å². The predicted octanol–water partition coefficient (Wildman–Crippen LogP) is 3.38. The van der Waals surface area contributed by atoms with Crippen LogP contribution in [0.3, 0.4) is 0 Å². The monoisotopic (exact) mass is 508 g/mol. The van der Waals surface area contributed by atoms with Crippen molar-refractivity contribution in [2.24, 2.45) is 5.10 Å². The Hall–Kier alpha value is -4.02. The smallest absolute Gasteiger partial charge is 0.255 e. The SMILES string of the molecule is CCOc1ccc(/C=N\NC(=O)CN(Cc2ccccc2)S(=O)(=O)c2ccc(NC(C)=O)cc2)cc1. The molecule has 0 saturated carbocycles. The summed E-state index contributed by atoms with van der Waals surface area (Å²) in [5.41, 5.74) is 4.32. The fraction of sp³-hybridized carbons (Fsp3) is 0.192. The van der Waals surface area contributed by atoms with Crippen LogP contribution in [0, 0.1) is 0 Å². The van der Waals surface area contributed by atoms with Gasteiger partial charge in [0.2, 0.25) is 15.9 Å². The number of hydrazone groups is 1. The Balaban J connectivity index is 1.74. The molecule has 0 fully saturated rings. The van der Waals surface area contributed by atoms with Crippen molar-refractivity contribution in [2.45, 2.75) is 25.3 Å². The van der Waals surface area contributed by atoms with Gasteiger partial charge in [0.05, 0.1) is 24.3 Å². The summed E-state index contributed by atoms with van der Waals surface area (Å²) in [6.07, 6.45) is 1.46. The molecule has 36 heavy (non-hydrogen) atoms. The molecule has 0 bridgehead atoms. The van der Waals surface area contributed by atoms with E-state index in [1.807, 2.05) is 13.0 Å². The Labute approximate surface area is 210 Å². The minimum absolute atomic E-state index is 0.00165. The quantitative estimate of drug-likeness (QED) is 0.304. The molecule has 3 rings (SSSR count). The van der Waals surface area contributed by atoms with Crippen molar-refractivity contribution in [1.82, 2.24) is 9.73 Å². The zero-order chi connectivity index (χ0) is 26.0. The fourth-order valence-electron chi connectivity index (χ4n) is 3.27. The molecular weight excluding hydrogens is 480 g/mol. The molecule has 0 saturated heterocycles. The lowest BCUT2D eigenvalue weighted by molar-refractivity contribution is -0.121. The number of nitrogens with zero attached hydrogens (tertiary/aromatic N) is 2. The molecule has 0 spiro atoms. The number of sulfonamides is 1. The van der Waals surface area contributed by atoms with E-state index in [-0.39, 0.29) is 17.3 Å². The molecular formula is C26H28N4O5S. The van der Waals surface area contributed by atoms with Gasteiger partial charge in [-0.05, 0) is 66.6 Å². The summed E-state index contributed by atoms with van der Waals surface area (Å²) in [5, 5.41) is 6.54. The molecule has 9 nitrogen and oxygen atoms in total. The first-order chi connectivity index (χ1) is 17.3. The van der Waals surface area contributed by atoms with Crippen LogP contribution in [0.15, 0.2) is 88.9 Å². The number of hydrogen-bond acceptors (Lipinski definition) is 6. The summed E-state index contributed by atoms with van der Waals surface area (Å²) in [4.78, 5) is 23.9. The normalized spacial score (nSPS) is 11.4. The molecule has 0 aromatic heterocycles. The molecule has 0 aliphatic rings. The van der Waals surface area contributed by atoms with Crippen LogP contribution in [0.2, 0.25) is 0 Å². The van der Waals surface area contributed by atoms with Crippen molar-refractivity contribution in [1.29, 1.82) is 0 Å². The van der Waals surface area contributed by atoms with Gasteiger partial charge in [-0.3, -0.25) is 9.59 Å². The second kappa shape index (κ2) is 12.6. The van der Waals surface area contributed by atoms with E-state index in [1.165, 1.54) is 37.4 Å².